The molecule has 1 amide bonds. The number of hydrogen-bond donors (Lipinski definition) is 2. The molecule has 0 unspecified atom stereocenters. The first-order chi connectivity index (χ1) is 11.1. The molecular weight excluding hydrogens is 294 g/mol. The maximum atomic E-state index is 11.7. The molecule has 0 saturated carbocycles. The van der Waals surface area contributed by atoms with Crippen LogP contribution >= 0.6 is 0 Å². The van der Waals surface area contributed by atoms with E-state index in [0.717, 1.165) is 37.6 Å². The molecule has 2 heterocycles. The smallest absolute Gasteiger partial charge is 0.241 e. The Morgan fingerprint density at radius 3 is 2.83 bits per heavy atom. The summed E-state index contributed by atoms with van der Waals surface area (Å²) >= 11 is 0. The van der Waals surface area contributed by atoms with E-state index in [4.69, 9.17) is 0 Å². The number of aliphatic imine (C=N–C) groups is 1. The highest BCUT2D eigenvalue weighted by atomic mass is 16.2. The van der Waals surface area contributed by atoms with Gasteiger partial charge in [-0.2, -0.15) is 0 Å². The summed E-state index contributed by atoms with van der Waals surface area (Å²) in [7, 11) is 3.47. The largest absolute Gasteiger partial charge is 0.357 e. The predicted molar refractivity (Wildman–Crippen MR) is 89.1 cm³/mol. The van der Waals surface area contributed by atoms with Gasteiger partial charge in [0.15, 0.2) is 11.8 Å². The van der Waals surface area contributed by atoms with Crippen LogP contribution in [0.5, 0.6) is 0 Å². The summed E-state index contributed by atoms with van der Waals surface area (Å²) in [6, 6.07) is 0. The minimum absolute atomic E-state index is 0.00643. The molecule has 0 aliphatic carbocycles. The van der Waals surface area contributed by atoms with Gasteiger partial charge in [-0.3, -0.25) is 4.79 Å². The van der Waals surface area contributed by atoms with Crippen molar-refractivity contribution in [2.45, 2.75) is 45.7 Å². The summed E-state index contributed by atoms with van der Waals surface area (Å²) in [5, 5.41) is 14.7. The number of aryl methyl sites for hydroxylation is 1. The van der Waals surface area contributed by atoms with Crippen LogP contribution < -0.4 is 10.6 Å². The fraction of sp³-hybridized carbons (Fsp3) is 0.733. The fourth-order valence-electron chi connectivity index (χ4n) is 2.47. The molecule has 0 aromatic carbocycles. The Kier molecular flexibility index (Phi) is 6.37. The number of aromatic nitrogens is 3. The van der Waals surface area contributed by atoms with Crippen LogP contribution in [-0.4, -0.2) is 58.7 Å². The second kappa shape index (κ2) is 8.50. The van der Waals surface area contributed by atoms with Crippen molar-refractivity contribution >= 4 is 11.9 Å². The van der Waals surface area contributed by atoms with E-state index in [2.05, 4.69) is 30.4 Å². The minimum Gasteiger partial charge on any atom is -0.357 e. The number of carbonyl (C=O) groups is 1. The highest BCUT2D eigenvalue weighted by Crippen LogP contribution is 2.14. The zero-order valence-electron chi connectivity index (χ0n) is 14.3. The average molecular weight is 321 g/mol. The lowest BCUT2D eigenvalue weighted by atomic mass is 10.2. The lowest BCUT2D eigenvalue weighted by molar-refractivity contribution is -0.127. The third-order valence-electron chi connectivity index (χ3n) is 3.81. The summed E-state index contributed by atoms with van der Waals surface area (Å²) in [6.45, 7) is 4.37. The van der Waals surface area contributed by atoms with Crippen molar-refractivity contribution in [1.29, 1.82) is 0 Å². The number of amides is 1. The number of likely N-dealkylation sites (N-methyl/N-ethyl adjacent to an activating group) is 1. The molecule has 1 aromatic rings. The van der Waals surface area contributed by atoms with Crippen molar-refractivity contribution in [2.24, 2.45) is 4.99 Å². The number of fused-ring (bicyclic) bond motifs is 1. The van der Waals surface area contributed by atoms with Gasteiger partial charge in [-0.05, 0) is 19.8 Å². The van der Waals surface area contributed by atoms with Gasteiger partial charge in [0.25, 0.3) is 0 Å². The van der Waals surface area contributed by atoms with Crippen LogP contribution in [0.3, 0.4) is 0 Å². The highest BCUT2D eigenvalue weighted by molar-refractivity contribution is 5.86. The summed E-state index contributed by atoms with van der Waals surface area (Å²) in [4.78, 5) is 17.7. The molecule has 0 bridgehead atoms. The monoisotopic (exact) mass is 321 g/mol. The third kappa shape index (κ3) is 4.94. The Hall–Kier alpha value is -2.12. The summed E-state index contributed by atoms with van der Waals surface area (Å²) in [5.74, 6) is 2.58. The van der Waals surface area contributed by atoms with E-state index in [9.17, 15) is 4.79 Å². The van der Waals surface area contributed by atoms with Crippen LogP contribution in [0.4, 0.5) is 0 Å². The molecule has 0 saturated heterocycles. The SMILES string of the molecule is CCNC(=NCc1nnc2n1CCCCC2)NCC(=O)N(C)C. The number of carbonyl (C=O) groups excluding carboxylic acids is 1. The lowest BCUT2D eigenvalue weighted by Gasteiger charge is -2.14. The van der Waals surface area contributed by atoms with Gasteiger partial charge in [-0.15, -0.1) is 10.2 Å². The molecule has 1 aliphatic rings. The lowest BCUT2D eigenvalue weighted by Crippen LogP contribution is -2.42. The Labute approximate surface area is 137 Å². The molecule has 0 spiro atoms. The van der Waals surface area contributed by atoms with E-state index in [1.165, 1.54) is 12.8 Å². The second-order valence-electron chi connectivity index (χ2n) is 5.83. The fourth-order valence-corrected chi connectivity index (χ4v) is 2.47. The predicted octanol–water partition coefficient (Wildman–Crippen LogP) is 0.148. The Morgan fingerprint density at radius 2 is 2.09 bits per heavy atom. The van der Waals surface area contributed by atoms with Crippen molar-refractivity contribution in [3.63, 3.8) is 0 Å². The summed E-state index contributed by atoms with van der Waals surface area (Å²) in [5.41, 5.74) is 0. The van der Waals surface area contributed by atoms with Gasteiger partial charge in [0.2, 0.25) is 5.91 Å². The molecule has 2 rings (SSSR count). The number of rotatable bonds is 5. The number of nitrogens with one attached hydrogen (secondary N) is 2. The van der Waals surface area contributed by atoms with Crippen molar-refractivity contribution in [1.82, 2.24) is 30.3 Å². The zero-order chi connectivity index (χ0) is 16.7. The maximum absolute atomic E-state index is 11.7. The topological polar surface area (TPSA) is 87.4 Å². The van der Waals surface area contributed by atoms with Crippen molar-refractivity contribution in [3.05, 3.63) is 11.6 Å². The van der Waals surface area contributed by atoms with E-state index >= 15 is 0 Å². The molecule has 0 radical (unpaired) electrons. The molecule has 2 N–H and O–H groups in total. The van der Waals surface area contributed by atoms with Crippen molar-refractivity contribution in [2.75, 3.05) is 27.2 Å². The van der Waals surface area contributed by atoms with E-state index < -0.39 is 0 Å². The molecule has 23 heavy (non-hydrogen) atoms. The van der Waals surface area contributed by atoms with E-state index in [1.54, 1.807) is 19.0 Å². The van der Waals surface area contributed by atoms with Gasteiger partial charge in [-0.1, -0.05) is 6.42 Å². The zero-order valence-corrected chi connectivity index (χ0v) is 14.3. The van der Waals surface area contributed by atoms with Gasteiger partial charge in [-0.25, -0.2) is 4.99 Å². The van der Waals surface area contributed by atoms with Gasteiger partial charge >= 0.3 is 0 Å². The van der Waals surface area contributed by atoms with Crippen molar-refractivity contribution in [3.8, 4) is 0 Å². The van der Waals surface area contributed by atoms with E-state index in [-0.39, 0.29) is 12.5 Å². The first-order valence-corrected chi connectivity index (χ1v) is 8.25. The van der Waals surface area contributed by atoms with E-state index in [1.807, 2.05) is 6.92 Å². The highest BCUT2D eigenvalue weighted by Gasteiger charge is 2.14. The van der Waals surface area contributed by atoms with Crippen LogP contribution in [0.2, 0.25) is 0 Å². The van der Waals surface area contributed by atoms with Gasteiger partial charge < -0.3 is 20.1 Å². The molecule has 128 valence electrons. The van der Waals surface area contributed by atoms with Crippen LogP contribution in [0.25, 0.3) is 0 Å². The second-order valence-corrected chi connectivity index (χ2v) is 5.83. The van der Waals surface area contributed by atoms with Gasteiger partial charge in [0, 0.05) is 33.6 Å². The standard InChI is InChI=1S/C15H27N7O/c1-4-16-15(18-11-14(23)21(2)3)17-10-13-20-19-12-8-6-5-7-9-22(12)13/h4-11H2,1-3H3,(H2,16,17,18). The average Bonchev–Trinajstić information content (AvgIpc) is 2.76. The normalized spacial score (nSPS) is 14.8. The quantitative estimate of drug-likeness (QED) is 0.595. The first kappa shape index (κ1) is 17.2. The van der Waals surface area contributed by atoms with Crippen LogP contribution in [0, 0.1) is 0 Å². The number of nitrogens with zero attached hydrogens (tertiary/aromatic N) is 5. The Bertz CT molecular complexity index is 550. The summed E-state index contributed by atoms with van der Waals surface area (Å²) in [6.07, 6.45) is 4.57. The van der Waals surface area contributed by atoms with Gasteiger partial charge in [0.05, 0.1) is 6.54 Å². The molecule has 0 fully saturated rings. The maximum Gasteiger partial charge on any atom is 0.241 e. The number of guanidine groups is 1. The van der Waals surface area contributed by atoms with Crippen molar-refractivity contribution < 1.29 is 4.79 Å². The van der Waals surface area contributed by atoms with Crippen LogP contribution in [0.15, 0.2) is 4.99 Å². The van der Waals surface area contributed by atoms with Crippen LogP contribution in [-0.2, 0) is 24.3 Å². The first-order valence-electron chi connectivity index (χ1n) is 8.25. The minimum atomic E-state index is 0.00643. The third-order valence-corrected chi connectivity index (χ3v) is 3.81. The molecule has 8 heteroatoms. The number of hydrogen-bond acceptors (Lipinski definition) is 4. The summed E-state index contributed by atoms with van der Waals surface area (Å²) < 4.78 is 2.19. The van der Waals surface area contributed by atoms with Gasteiger partial charge in [0.1, 0.15) is 12.4 Å². The molecule has 1 aliphatic heterocycles. The molecular formula is C15H27N7O. The Balaban J connectivity index is 2.00. The van der Waals surface area contributed by atoms with E-state index in [0.29, 0.717) is 12.5 Å². The Morgan fingerprint density at radius 1 is 1.26 bits per heavy atom. The molecule has 0 atom stereocenters. The molecule has 1 aromatic heterocycles. The molecule has 8 nitrogen and oxygen atoms in total. The van der Waals surface area contributed by atoms with Crippen LogP contribution in [0.1, 0.15) is 37.8 Å².